The quantitative estimate of drug-likeness (QED) is 0.399. The van der Waals surface area contributed by atoms with Gasteiger partial charge in [0, 0.05) is 23.2 Å². The third-order valence-electron chi connectivity index (χ3n) is 5.47. The summed E-state index contributed by atoms with van der Waals surface area (Å²) in [7, 11) is 0. The van der Waals surface area contributed by atoms with Crippen LogP contribution in [0.3, 0.4) is 0 Å². The summed E-state index contributed by atoms with van der Waals surface area (Å²) in [6.45, 7) is 1.23. The molecule has 0 unspecified atom stereocenters. The van der Waals surface area contributed by atoms with E-state index in [4.69, 9.17) is 4.42 Å². The summed E-state index contributed by atoms with van der Waals surface area (Å²) in [6, 6.07) is 22.4. The molecule has 2 heterocycles. The van der Waals surface area contributed by atoms with Gasteiger partial charge in [0.25, 0.3) is 0 Å². The van der Waals surface area contributed by atoms with Crippen molar-refractivity contribution in [2.75, 3.05) is 11.4 Å². The average Bonchev–Trinajstić information content (AvgIpc) is 2.96. The van der Waals surface area contributed by atoms with Gasteiger partial charge in [0.1, 0.15) is 11.4 Å². The molecule has 0 spiro atoms. The van der Waals surface area contributed by atoms with Crippen LogP contribution in [0, 0.1) is 5.82 Å². The molecule has 0 fully saturated rings. The molecule has 5 rings (SSSR count). The van der Waals surface area contributed by atoms with Gasteiger partial charge in [-0.05, 0) is 48.4 Å². The van der Waals surface area contributed by atoms with Crippen LogP contribution in [0.15, 0.2) is 93.2 Å². The van der Waals surface area contributed by atoms with Gasteiger partial charge >= 0.3 is 0 Å². The number of nitrogens with zero attached hydrogens (tertiary/aromatic N) is 1. The lowest BCUT2D eigenvalue weighted by atomic mass is 10.1. The van der Waals surface area contributed by atoms with Crippen LogP contribution in [0.25, 0.3) is 11.0 Å². The fraction of sp³-hybridized carbons (Fsp3) is 0.160. The van der Waals surface area contributed by atoms with E-state index in [0.29, 0.717) is 23.1 Å². The zero-order chi connectivity index (χ0) is 20.5. The van der Waals surface area contributed by atoms with Gasteiger partial charge in [-0.15, -0.1) is 11.8 Å². The van der Waals surface area contributed by atoms with Crippen LogP contribution >= 0.6 is 11.8 Å². The molecular weight excluding hydrogens is 397 g/mol. The van der Waals surface area contributed by atoms with E-state index >= 15 is 0 Å². The van der Waals surface area contributed by atoms with Gasteiger partial charge in [-0.1, -0.05) is 36.4 Å². The van der Waals surface area contributed by atoms with E-state index in [9.17, 15) is 9.18 Å². The van der Waals surface area contributed by atoms with E-state index in [1.807, 2.05) is 36.4 Å². The van der Waals surface area contributed by atoms with E-state index < -0.39 is 0 Å². The highest BCUT2D eigenvalue weighted by atomic mass is 32.2. The molecule has 0 saturated heterocycles. The molecule has 3 nitrogen and oxygen atoms in total. The van der Waals surface area contributed by atoms with Crippen molar-refractivity contribution in [3.63, 3.8) is 0 Å². The molecule has 0 aliphatic carbocycles. The van der Waals surface area contributed by atoms with Crippen LogP contribution < -0.4 is 10.3 Å². The number of fused-ring (bicyclic) bond motifs is 2. The minimum Gasteiger partial charge on any atom is -0.464 e. The molecule has 1 aromatic heterocycles. The highest BCUT2D eigenvalue weighted by Gasteiger charge is 2.24. The Balaban J connectivity index is 1.49. The summed E-state index contributed by atoms with van der Waals surface area (Å²) in [4.78, 5) is 16.3. The molecule has 3 aromatic carbocycles. The second-order valence-electron chi connectivity index (χ2n) is 7.43. The number of hydrogen-bond acceptors (Lipinski definition) is 4. The predicted molar refractivity (Wildman–Crippen MR) is 120 cm³/mol. The van der Waals surface area contributed by atoms with Crippen molar-refractivity contribution < 1.29 is 8.81 Å². The summed E-state index contributed by atoms with van der Waals surface area (Å²) in [5.74, 6) is -0.212. The zero-order valence-electron chi connectivity index (χ0n) is 16.3. The van der Waals surface area contributed by atoms with Gasteiger partial charge in [0.15, 0.2) is 5.43 Å². The molecule has 4 aromatic rings. The number of rotatable bonds is 3. The summed E-state index contributed by atoms with van der Waals surface area (Å²) < 4.78 is 19.5. The molecular formula is C25H20FNO2S. The largest absolute Gasteiger partial charge is 0.464 e. The minimum atomic E-state index is -0.212. The Labute approximate surface area is 178 Å². The van der Waals surface area contributed by atoms with Gasteiger partial charge in [-0.3, -0.25) is 4.79 Å². The third-order valence-corrected chi connectivity index (χ3v) is 6.86. The van der Waals surface area contributed by atoms with E-state index in [0.717, 1.165) is 29.1 Å². The number of para-hydroxylation sites is 2. The standard InChI is InChI=1S/C25H20FNO2S/c26-19-7-5-6-17(14-19)23-12-13-27(21-9-2-4-11-24(21)30-23)15-18-16-29-22-10-3-1-8-20(22)25(18)28/h1-11,14,16,23H,12-13,15H2/t23-/m0/s1. The van der Waals surface area contributed by atoms with E-state index in [2.05, 4.69) is 17.0 Å². The molecule has 1 atom stereocenters. The number of benzene rings is 3. The lowest BCUT2D eigenvalue weighted by Gasteiger charge is -2.24. The Morgan fingerprint density at radius 1 is 1.03 bits per heavy atom. The first-order chi connectivity index (χ1) is 14.7. The molecule has 30 heavy (non-hydrogen) atoms. The Kier molecular flexibility index (Phi) is 5.05. The molecule has 150 valence electrons. The minimum absolute atomic E-state index is 0.00733. The second kappa shape index (κ2) is 8.00. The van der Waals surface area contributed by atoms with Crippen molar-refractivity contribution in [1.29, 1.82) is 0 Å². The van der Waals surface area contributed by atoms with Crippen molar-refractivity contribution in [1.82, 2.24) is 0 Å². The van der Waals surface area contributed by atoms with Crippen LogP contribution in [-0.2, 0) is 6.54 Å². The van der Waals surface area contributed by atoms with Gasteiger partial charge < -0.3 is 9.32 Å². The maximum atomic E-state index is 13.8. The molecule has 0 N–H and O–H groups in total. The van der Waals surface area contributed by atoms with Crippen LogP contribution in [0.5, 0.6) is 0 Å². The van der Waals surface area contributed by atoms with Gasteiger partial charge in [0.05, 0.1) is 22.9 Å². The summed E-state index contributed by atoms with van der Waals surface area (Å²) in [6.07, 6.45) is 2.43. The van der Waals surface area contributed by atoms with Crippen molar-refractivity contribution in [3.8, 4) is 0 Å². The van der Waals surface area contributed by atoms with E-state index in [1.165, 1.54) is 6.07 Å². The molecule has 0 radical (unpaired) electrons. The molecule has 1 aliphatic rings. The van der Waals surface area contributed by atoms with Gasteiger partial charge in [-0.2, -0.15) is 0 Å². The Morgan fingerprint density at radius 2 is 1.87 bits per heavy atom. The van der Waals surface area contributed by atoms with Crippen molar-refractivity contribution in [2.45, 2.75) is 23.1 Å². The Bertz CT molecular complexity index is 1270. The Morgan fingerprint density at radius 3 is 2.77 bits per heavy atom. The number of anilines is 1. The summed E-state index contributed by atoms with van der Waals surface area (Å²) >= 11 is 1.75. The summed E-state index contributed by atoms with van der Waals surface area (Å²) in [5.41, 5.74) is 3.32. The Hall–Kier alpha value is -3.05. The fourth-order valence-electron chi connectivity index (χ4n) is 3.96. The lowest BCUT2D eigenvalue weighted by Crippen LogP contribution is -2.27. The number of halogens is 1. The maximum Gasteiger partial charge on any atom is 0.197 e. The van der Waals surface area contributed by atoms with Crippen molar-refractivity contribution in [3.05, 3.63) is 106 Å². The average molecular weight is 418 g/mol. The molecule has 0 saturated carbocycles. The topological polar surface area (TPSA) is 33.5 Å². The monoisotopic (exact) mass is 417 g/mol. The molecule has 5 heteroatoms. The fourth-order valence-corrected chi connectivity index (χ4v) is 5.25. The van der Waals surface area contributed by atoms with Crippen LogP contribution in [0.4, 0.5) is 10.1 Å². The molecule has 0 bridgehead atoms. The zero-order valence-corrected chi connectivity index (χ0v) is 17.1. The lowest BCUT2D eigenvalue weighted by molar-refractivity contribution is 0.588. The van der Waals surface area contributed by atoms with Gasteiger partial charge in [0.2, 0.25) is 0 Å². The predicted octanol–water partition coefficient (Wildman–Crippen LogP) is 6.18. The SMILES string of the molecule is O=c1c(CN2CC[C@@H](c3cccc(F)c3)Sc3ccccc32)coc2ccccc12. The first-order valence-electron chi connectivity index (χ1n) is 9.94. The van der Waals surface area contributed by atoms with Crippen LogP contribution in [-0.4, -0.2) is 6.54 Å². The summed E-state index contributed by atoms with van der Waals surface area (Å²) in [5, 5.41) is 0.755. The van der Waals surface area contributed by atoms with E-state index in [-0.39, 0.29) is 16.5 Å². The third kappa shape index (κ3) is 3.61. The first-order valence-corrected chi connectivity index (χ1v) is 10.8. The molecule has 0 amide bonds. The smallest absolute Gasteiger partial charge is 0.197 e. The number of hydrogen-bond donors (Lipinski definition) is 0. The molecule has 1 aliphatic heterocycles. The maximum absolute atomic E-state index is 13.8. The van der Waals surface area contributed by atoms with Crippen LogP contribution in [0.1, 0.15) is 22.8 Å². The normalized spacial score (nSPS) is 16.3. The highest BCUT2D eigenvalue weighted by molar-refractivity contribution is 7.99. The van der Waals surface area contributed by atoms with Crippen molar-refractivity contribution in [2.24, 2.45) is 0 Å². The second-order valence-corrected chi connectivity index (χ2v) is 8.67. The highest BCUT2D eigenvalue weighted by Crippen LogP contribution is 2.45. The van der Waals surface area contributed by atoms with E-state index in [1.54, 1.807) is 36.2 Å². The van der Waals surface area contributed by atoms with Crippen LogP contribution in [0.2, 0.25) is 0 Å². The van der Waals surface area contributed by atoms with Gasteiger partial charge in [-0.25, -0.2) is 4.39 Å². The van der Waals surface area contributed by atoms with Crippen molar-refractivity contribution >= 4 is 28.4 Å². The first kappa shape index (κ1) is 18.9. The number of thioether (sulfide) groups is 1.